The summed E-state index contributed by atoms with van der Waals surface area (Å²) < 4.78 is 0. The molecule has 0 spiro atoms. The Bertz CT molecular complexity index is 848. The Kier molecular flexibility index (Phi) is 6.66. The van der Waals surface area contributed by atoms with E-state index in [4.69, 9.17) is 5.73 Å². The van der Waals surface area contributed by atoms with Gasteiger partial charge in [-0.05, 0) is 74.4 Å². The Morgan fingerprint density at radius 1 is 1.00 bits per heavy atom. The van der Waals surface area contributed by atoms with Crippen LogP contribution in [0.15, 0.2) is 42.5 Å². The third-order valence-electron chi connectivity index (χ3n) is 4.88. The zero-order chi connectivity index (χ0) is 19.9. The first-order valence-electron chi connectivity index (χ1n) is 9.85. The van der Waals surface area contributed by atoms with E-state index in [2.05, 4.69) is 22.0 Å². The van der Waals surface area contributed by atoms with Crippen molar-refractivity contribution in [1.82, 2.24) is 0 Å². The van der Waals surface area contributed by atoms with Gasteiger partial charge in [0.05, 0.1) is 0 Å². The molecular weight excluding hydrogens is 352 g/mol. The molecular formula is C22H28N4O2. The fourth-order valence-electron chi connectivity index (χ4n) is 3.44. The van der Waals surface area contributed by atoms with Crippen LogP contribution in [0.4, 0.5) is 21.9 Å². The smallest absolute Gasteiger partial charge is 0.323 e. The van der Waals surface area contributed by atoms with Gasteiger partial charge in [0, 0.05) is 29.5 Å². The molecule has 5 N–H and O–H groups in total. The molecule has 0 saturated carbocycles. The lowest BCUT2D eigenvalue weighted by atomic mass is 9.90. The third kappa shape index (κ3) is 5.57. The first-order chi connectivity index (χ1) is 13.5. The van der Waals surface area contributed by atoms with Crippen molar-refractivity contribution in [2.24, 2.45) is 5.73 Å². The molecule has 3 amide bonds. The van der Waals surface area contributed by atoms with Crippen molar-refractivity contribution in [3.8, 4) is 0 Å². The first-order valence-corrected chi connectivity index (χ1v) is 9.85. The molecule has 2 aromatic rings. The van der Waals surface area contributed by atoms with E-state index in [1.54, 1.807) is 24.3 Å². The molecule has 148 valence electrons. The summed E-state index contributed by atoms with van der Waals surface area (Å²) in [6.45, 7) is 1.88. The van der Waals surface area contributed by atoms with Crippen LogP contribution in [0, 0.1) is 0 Å². The standard InChI is InChI=1S/C22H28N4O2/c1-15(23)12-13-21(27)24-17-8-5-9-18(14-17)25-22(28)26-20-11-4-7-16-6-2-3-10-19(16)20/h4-5,7-9,11,14-15H,2-3,6,10,12-13,23H2,1H3,(H,24,27)(H2,25,26,28). The molecule has 2 aromatic carbocycles. The fraction of sp³-hybridized carbons (Fsp3) is 0.364. The van der Waals surface area contributed by atoms with Gasteiger partial charge >= 0.3 is 6.03 Å². The van der Waals surface area contributed by atoms with E-state index >= 15 is 0 Å². The molecule has 0 aliphatic heterocycles. The Morgan fingerprint density at radius 3 is 2.50 bits per heavy atom. The molecule has 3 rings (SSSR count). The monoisotopic (exact) mass is 380 g/mol. The predicted molar refractivity (Wildman–Crippen MR) is 114 cm³/mol. The Balaban J connectivity index is 1.60. The Morgan fingerprint density at radius 2 is 1.71 bits per heavy atom. The summed E-state index contributed by atoms with van der Waals surface area (Å²) in [5.41, 5.74) is 10.4. The van der Waals surface area contributed by atoms with Crippen molar-refractivity contribution in [3.05, 3.63) is 53.6 Å². The number of rotatable bonds is 6. The van der Waals surface area contributed by atoms with E-state index in [-0.39, 0.29) is 18.0 Å². The topological polar surface area (TPSA) is 96.2 Å². The number of hydrogen-bond donors (Lipinski definition) is 4. The van der Waals surface area contributed by atoms with Crippen LogP contribution in [-0.4, -0.2) is 18.0 Å². The highest BCUT2D eigenvalue weighted by atomic mass is 16.2. The van der Waals surface area contributed by atoms with Crippen molar-refractivity contribution in [1.29, 1.82) is 0 Å². The molecule has 0 fully saturated rings. The molecule has 1 aliphatic rings. The lowest BCUT2D eigenvalue weighted by Crippen LogP contribution is -2.21. The maximum atomic E-state index is 12.5. The number of carbonyl (C=O) groups is 2. The fourth-order valence-corrected chi connectivity index (χ4v) is 3.44. The molecule has 0 aromatic heterocycles. The van der Waals surface area contributed by atoms with Gasteiger partial charge in [0.25, 0.3) is 0 Å². The lowest BCUT2D eigenvalue weighted by molar-refractivity contribution is -0.116. The van der Waals surface area contributed by atoms with Gasteiger partial charge in [0.2, 0.25) is 5.91 Å². The van der Waals surface area contributed by atoms with E-state index in [1.165, 1.54) is 17.5 Å². The van der Waals surface area contributed by atoms with Gasteiger partial charge in [-0.3, -0.25) is 4.79 Å². The maximum Gasteiger partial charge on any atom is 0.323 e. The summed E-state index contributed by atoms with van der Waals surface area (Å²) in [4.78, 5) is 24.4. The number of urea groups is 1. The number of hydrogen-bond acceptors (Lipinski definition) is 3. The summed E-state index contributed by atoms with van der Waals surface area (Å²) in [5, 5.41) is 8.64. The molecule has 0 heterocycles. The van der Waals surface area contributed by atoms with Gasteiger partial charge in [-0.15, -0.1) is 0 Å². The largest absolute Gasteiger partial charge is 0.328 e. The summed E-state index contributed by atoms with van der Waals surface area (Å²) in [6, 6.07) is 12.9. The Hall–Kier alpha value is -2.86. The highest BCUT2D eigenvalue weighted by molar-refractivity contribution is 6.01. The van der Waals surface area contributed by atoms with Crippen molar-refractivity contribution in [2.75, 3.05) is 16.0 Å². The summed E-state index contributed by atoms with van der Waals surface area (Å²) in [6.07, 6.45) is 5.41. The van der Waals surface area contributed by atoms with Crippen LogP contribution in [-0.2, 0) is 17.6 Å². The van der Waals surface area contributed by atoms with Crippen LogP contribution in [0.2, 0.25) is 0 Å². The van der Waals surface area contributed by atoms with Crippen LogP contribution >= 0.6 is 0 Å². The SMILES string of the molecule is CC(N)CCC(=O)Nc1cccc(NC(=O)Nc2cccc3c2CCCC3)c1. The highest BCUT2D eigenvalue weighted by Gasteiger charge is 2.14. The molecule has 6 heteroatoms. The number of anilines is 3. The predicted octanol–water partition coefficient (Wildman–Crippen LogP) is 4.28. The number of fused-ring (bicyclic) bond motifs is 1. The highest BCUT2D eigenvalue weighted by Crippen LogP contribution is 2.28. The molecule has 6 nitrogen and oxygen atoms in total. The number of nitrogens with one attached hydrogen (secondary N) is 3. The van der Waals surface area contributed by atoms with E-state index in [0.717, 1.165) is 24.9 Å². The zero-order valence-electron chi connectivity index (χ0n) is 16.3. The Labute approximate surface area is 165 Å². The normalized spacial score (nSPS) is 13.9. The van der Waals surface area contributed by atoms with Gasteiger partial charge < -0.3 is 21.7 Å². The molecule has 0 saturated heterocycles. The lowest BCUT2D eigenvalue weighted by Gasteiger charge is -2.19. The van der Waals surface area contributed by atoms with Crippen molar-refractivity contribution >= 4 is 29.0 Å². The van der Waals surface area contributed by atoms with Crippen molar-refractivity contribution in [3.63, 3.8) is 0 Å². The zero-order valence-corrected chi connectivity index (χ0v) is 16.3. The van der Waals surface area contributed by atoms with Gasteiger partial charge in [0.1, 0.15) is 0 Å². The number of aryl methyl sites for hydroxylation is 1. The van der Waals surface area contributed by atoms with Gasteiger partial charge in [-0.2, -0.15) is 0 Å². The molecule has 1 aliphatic carbocycles. The van der Waals surface area contributed by atoms with Crippen LogP contribution in [0.1, 0.15) is 43.7 Å². The summed E-state index contributed by atoms with van der Waals surface area (Å²) in [7, 11) is 0. The second-order valence-corrected chi connectivity index (χ2v) is 7.37. The van der Waals surface area contributed by atoms with Gasteiger partial charge in [0.15, 0.2) is 0 Å². The molecule has 28 heavy (non-hydrogen) atoms. The van der Waals surface area contributed by atoms with E-state index in [9.17, 15) is 9.59 Å². The number of carbonyl (C=O) groups excluding carboxylic acids is 2. The van der Waals surface area contributed by atoms with Crippen LogP contribution in [0.3, 0.4) is 0 Å². The average Bonchev–Trinajstić information content (AvgIpc) is 2.67. The first kappa shape index (κ1) is 19.9. The average molecular weight is 380 g/mol. The summed E-state index contributed by atoms with van der Waals surface area (Å²) in [5.74, 6) is -0.0881. The number of benzene rings is 2. The van der Waals surface area contributed by atoms with Crippen molar-refractivity contribution < 1.29 is 9.59 Å². The third-order valence-corrected chi connectivity index (χ3v) is 4.88. The summed E-state index contributed by atoms with van der Waals surface area (Å²) >= 11 is 0. The van der Waals surface area contributed by atoms with Crippen LogP contribution in [0.5, 0.6) is 0 Å². The van der Waals surface area contributed by atoms with Crippen molar-refractivity contribution in [2.45, 2.75) is 51.5 Å². The quantitative estimate of drug-likeness (QED) is 0.602. The molecule has 1 unspecified atom stereocenters. The number of amides is 3. The van der Waals surface area contributed by atoms with E-state index in [1.807, 2.05) is 19.1 Å². The second kappa shape index (κ2) is 9.37. The van der Waals surface area contributed by atoms with Gasteiger partial charge in [-0.25, -0.2) is 4.79 Å². The molecule has 0 bridgehead atoms. The maximum absolute atomic E-state index is 12.5. The van der Waals surface area contributed by atoms with Crippen LogP contribution < -0.4 is 21.7 Å². The molecule has 1 atom stereocenters. The molecule has 0 radical (unpaired) electrons. The van der Waals surface area contributed by atoms with Crippen LogP contribution in [0.25, 0.3) is 0 Å². The van der Waals surface area contributed by atoms with Gasteiger partial charge in [-0.1, -0.05) is 18.2 Å². The number of nitrogens with two attached hydrogens (primary N) is 1. The minimum absolute atomic E-state index is 0.00817. The minimum Gasteiger partial charge on any atom is -0.328 e. The second-order valence-electron chi connectivity index (χ2n) is 7.37. The minimum atomic E-state index is -0.292. The van der Waals surface area contributed by atoms with E-state index in [0.29, 0.717) is 24.2 Å². The van der Waals surface area contributed by atoms with E-state index < -0.39 is 0 Å².